The average molecular weight is 312 g/mol. The highest BCUT2D eigenvalue weighted by Gasteiger charge is 2.09. The van der Waals surface area contributed by atoms with Gasteiger partial charge >= 0.3 is 0 Å². The molecule has 0 spiro atoms. The maximum absolute atomic E-state index is 13.5. The topological polar surface area (TPSA) is 37.8 Å². The van der Waals surface area contributed by atoms with Gasteiger partial charge in [-0.1, -0.05) is 6.07 Å². The zero-order chi connectivity index (χ0) is 14.1. The Balaban J connectivity index is 1.88. The molecule has 3 aromatic rings. The monoisotopic (exact) mass is 311 g/mol. The Kier molecular flexibility index (Phi) is 3.50. The average Bonchev–Trinajstić information content (AvgIpc) is 2.85. The van der Waals surface area contributed by atoms with Gasteiger partial charge in [0.25, 0.3) is 0 Å². The zero-order valence-corrected chi connectivity index (χ0v) is 11.6. The minimum absolute atomic E-state index is 0.127. The molecule has 0 amide bonds. The van der Waals surface area contributed by atoms with Gasteiger partial charge in [0.2, 0.25) is 5.28 Å². The summed E-state index contributed by atoms with van der Waals surface area (Å²) in [4.78, 5) is 8.94. The van der Waals surface area contributed by atoms with Gasteiger partial charge in [0.15, 0.2) is 0 Å². The number of aromatic nitrogens is 2. The first-order chi connectivity index (χ1) is 9.63. The van der Waals surface area contributed by atoms with E-state index in [1.54, 1.807) is 0 Å². The van der Waals surface area contributed by atoms with Crippen molar-refractivity contribution in [3.8, 4) is 0 Å². The number of hydrogen-bond acceptors (Lipinski definition) is 4. The van der Waals surface area contributed by atoms with Crippen LogP contribution in [0, 0.1) is 11.6 Å². The maximum Gasteiger partial charge on any atom is 0.225 e. The summed E-state index contributed by atoms with van der Waals surface area (Å²) in [5, 5.41) is 5.82. The second-order valence-electron chi connectivity index (χ2n) is 4.07. The minimum atomic E-state index is -0.600. The van der Waals surface area contributed by atoms with Gasteiger partial charge in [0, 0.05) is 18.2 Å². The van der Waals surface area contributed by atoms with E-state index in [1.807, 2.05) is 11.4 Å². The Morgan fingerprint density at radius 2 is 2.05 bits per heavy atom. The van der Waals surface area contributed by atoms with Crippen LogP contribution in [-0.4, -0.2) is 9.97 Å². The number of thiophene rings is 1. The molecule has 0 saturated carbocycles. The molecule has 0 aliphatic rings. The van der Waals surface area contributed by atoms with Crippen LogP contribution in [0.3, 0.4) is 0 Å². The quantitative estimate of drug-likeness (QED) is 0.735. The van der Waals surface area contributed by atoms with E-state index >= 15 is 0 Å². The Morgan fingerprint density at radius 3 is 2.85 bits per heavy atom. The van der Waals surface area contributed by atoms with Gasteiger partial charge in [0.05, 0.1) is 5.39 Å². The zero-order valence-electron chi connectivity index (χ0n) is 10.0. The molecule has 0 aliphatic heterocycles. The fourth-order valence-corrected chi connectivity index (χ4v) is 2.79. The molecule has 1 aromatic carbocycles. The normalized spacial score (nSPS) is 10.9. The molecule has 0 fully saturated rings. The molecule has 7 heteroatoms. The summed E-state index contributed by atoms with van der Waals surface area (Å²) in [6, 6.07) is 5.32. The highest BCUT2D eigenvalue weighted by atomic mass is 35.5. The number of benzene rings is 1. The standard InChI is InChI=1S/C13H8ClF2N3S/c14-13-18-11(9-3-4-20-12(9)19-13)17-6-7-1-2-8(15)5-10(7)16/h1-5H,6H2,(H,17,18,19). The van der Waals surface area contributed by atoms with Crippen molar-refractivity contribution < 1.29 is 8.78 Å². The smallest absolute Gasteiger partial charge is 0.225 e. The highest BCUT2D eigenvalue weighted by Crippen LogP contribution is 2.26. The van der Waals surface area contributed by atoms with Gasteiger partial charge < -0.3 is 5.32 Å². The molecular formula is C13H8ClF2N3S. The van der Waals surface area contributed by atoms with Crippen molar-refractivity contribution in [1.82, 2.24) is 9.97 Å². The van der Waals surface area contributed by atoms with E-state index in [4.69, 9.17) is 11.6 Å². The molecule has 3 rings (SSSR count). The Bertz CT molecular complexity index is 775. The predicted octanol–water partition coefficient (Wildman–Crippen LogP) is 4.24. The number of hydrogen-bond donors (Lipinski definition) is 1. The molecule has 0 saturated heterocycles. The molecule has 3 nitrogen and oxygen atoms in total. The van der Waals surface area contributed by atoms with Crippen LogP contribution in [0.5, 0.6) is 0 Å². The van der Waals surface area contributed by atoms with Crippen LogP contribution < -0.4 is 5.32 Å². The summed E-state index contributed by atoms with van der Waals surface area (Å²) < 4.78 is 26.4. The largest absolute Gasteiger partial charge is 0.365 e. The van der Waals surface area contributed by atoms with Crippen LogP contribution in [0.15, 0.2) is 29.6 Å². The Hall–Kier alpha value is -1.79. The number of rotatable bonds is 3. The van der Waals surface area contributed by atoms with Gasteiger partial charge in [-0.2, -0.15) is 0 Å². The fourth-order valence-electron chi connectivity index (χ4n) is 1.81. The van der Waals surface area contributed by atoms with Gasteiger partial charge in [-0.25, -0.2) is 18.7 Å². The molecule has 1 N–H and O–H groups in total. The van der Waals surface area contributed by atoms with Gasteiger partial charge in [-0.05, 0) is 29.1 Å². The van der Waals surface area contributed by atoms with Crippen LogP contribution in [0.1, 0.15) is 5.56 Å². The predicted molar refractivity (Wildman–Crippen MR) is 76.1 cm³/mol. The summed E-state index contributed by atoms with van der Waals surface area (Å²) in [6.07, 6.45) is 0. The number of anilines is 1. The van der Waals surface area contributed by atoms with E-state index < -0.39 is 11.6 Å². The van der Waals surface area contributed by atoms with Gasteiger partial charge in [-0.15, -0.1) is 11.3 Å². The summed E-state index contributed by atoms with van der Waals surface area (Å²) in [5.41, 5.74) is 0.351. The first-order valence-corrected chi connectivity index (χ1v) is 6.98. The van der Waals surface area contributed by atoms with Crippen molar-refractivity contribution >= 4 is 39.0 Å². The Labute approximate surface area is 122 Å². The molecule has 0 bridgehead atoms. The second-order valence-corrected chi connectivity index (χ2v) is 5.30. The van der Waals surface area contributed by atoms with E-state index in [-0.39, 0.29) is 11.8 Å². The molecule has 2 aromatic heterocycles. The van der Waals surface area contributed by atoms with E-state index in [0.29, 0.717) is 11.4 Å². The van der Waals surface area contributed by atoms with E-state index in [0.717, 1.165) is 16.3 Å². The molecule has 2 heterocycles. The van der Waals surface area contributed by atoms with Crippen molar-refractivity contribution in [1.29, 1.82) is 0 Å². The van der Waals surface area contributed by atoms with Gasteiger partial charge in [-0.3, -0.25) is 0 Å². The van der Waals surface area contributed by atoms with Crippen molar-refractivity contribution in [3.05, 3.63) is 52.1 Å². The van der Waals surface area contributed by atoms with E-state index in [2.05, 4.69) is 15.3 Å². The van der Waals surface area contributed by atoms with Crippen LogP contribution in [0.25, 0.3) is 10.2 Å². The van der Waals surface area contributed by atoms with Crippen LogP contribution in [0.4, 0.5) is 14.6 Å². The first-order valence-electron chi connectivity index (χ1n) is 5.72. The molecular weight excluding hydrogens is 304 g/mol. The number of nitrogens with one attached hydrogen (secondary N) is 1. The van der Waals surface area contributed by atoms with Crippen LogP contribution >= 0.6 is 22.9 Å². The lowest BCUT2D eigenvalue weighted by Gasteiger charge is -2.08. The summed E-state index contributed by atoms with van der Waals surface area (Å²) in [6.45, 7) is 0.185. The molecule has 20 heavy (non-hydrogen) atoms. The van der Waals surface area contributed by atoms with Crippen molar-refractivity contribution in [3.63, 3.8) is 0 Å². The fraction of sp³-hybridized carbons (Fsp3) is 0.0769. The third kappa shape index (κ3) is 2.57. The van der Waals surface area contributed by atoms with Crippen LogP contribution in [0.2, 0.25) is 5.28 Å². The third-order valence-corrected chi connectivity index (χ3v) is 3.73. The number of nitrogens with zero attached hydrogens (tertiary/aromatic N) is 2. The van der Waals surface area contributed by atoms with E-state index in [9.17, 15) is 8.78 Å². The van der Waals surface area contributed by atoms with Gasteiger partial charge in [0.1, 0.15) is 22.3 Å². The summed E-state index contributed by atoms with van der Waals surface area (Å²) in [5.74, 6) is -0.666. The molecule has 0 aliphatic carbocycles. The third-order valence-electron chi connectivity index (χ3n) is 2.76. The maximum atomic E-state index is 13.5. The first kappa shape index (κ1) is 13.2. The molecule has 0 unspecified atom stereocenters. The molecule has 0 atom stereocenters. The minimum Gasteiger partial charge on any atom is -0.365 e. The van der Waals surface area contributed by atoms with Crippen LogP contribution in [-0.2, 0) is 6.54 Å². The Morgan fingerprint density at radius 1 is 1.20 bits per heavy atom. The lowest BCUT2D eigenvalue weighted by molar-refractivity contribution is 0.574. The molecule has 0 radical (unpaired) electrons. The SMILES string of the molecule is Fc1ccc(CNc2nc(Cl)nc3sccc23)c(F)c1. The van der Waals surface area contributed by atoms with E-state index in [1.165, 1.54) is 23.5 Å². The summed E-state index contributed by atoms with van der Waals surface area (Å²) in [7, 11) is 0. The molecule has 102 valence electrons. The van der Waals surface area contributed by atoms with Crippen molar-refractivity contribution in [2.24, 2.45) is 0 Å². The van der Waals surface area contributed by atoms with Crippen molar-refractivity contribution in [2.45, 2.75) is 6.54 Å². The summed E-state index contributed by atoms with van der Waals surface area (Å²) >= 11 is 7.28. The second kappa shape index (κ2) is 5.30. The number of halogens is 3. The lowest BCUT2D eigenvalue weighted by Crippen LogP contribution is -2.04. The number of fused-ring (bicyclic) bond motifs is 1. The lowest BCUT2D eigenvalue weighted by atomic mass is 10.2. The van der Waals surface area contributed by atoms with Crippen molar-refractivity contribution in [2.75, 3.05) is 5.32 Å². The highest BCUT2D eigenvalue weighted by molar-refractivity contribution is 7.16.